The summed E-state index contributed by atoms with van der Waals surface area (Å²) in [5.41, 5.74) is 9.54. The summed E-state index contributed by atoms with van der Waals surface area (Å²) in [5.74, 6) is 0. The Kier molecular flexibility index (Phi) is 3.06. The molecule has 0 fully saturated rings. The van der Waals surface area contributed by atoms with Crippen molar-refractivity contribution in [2.45, 2.75) is 34.6 Å². The zero-order valence-corrected chi connectivity index (χ0v) is 11.3. The molecule has 0 bridgehead atoms. The number of hydrogen-bond acceptors (Lipinski definition) is 0. The normalized spacial score (nSPS) is 10.6. The van der Waals surface area contributed by atoms with Crippen LogP contribution in [0.5, 0.6) is 0 Å². The molecule has 2 aromatic rings. The smallest absolute Gasteiger partial charge is 0.0393 e. The number of rotatable bonds is 1. The maximum Gasteiger partial charge on any atom is -0.0393 e. The van der Waals surface area contributed by atoms with E-state index in [4.69, 9.17) is 0 Å². The van der Waals surface area contributed by atoms with Crippen molar-refractivity contribution < 1.29 is 0 Å². The van der Waals surface area contributed by atoms with Gasteiger partial charge in [-0.05, 0) is 40.2 Å². The highest BCUT2D eigenvalue weighted by Crippen LogP contribution is 2.33. The fourth-order valence-electron chi connectivity index (χ4n) is 2.45. The van der Waals surface area contributed by atoms with Crippen LogP contribution in [0.1, 0.15) is 27.8 Å². The monoisotopic (exact) mass is 223 g/mol. The molecule has 0 atom stereocenters. The molecule has 0 spiro atoms. The molecule has 0 heterocycles. The Balaban J connectivity index is 2.80. The van der Waals surface area contributed by atoms with Gasteiger partial charge >= 0.3 is 0 Å². The van der Waals surface area contributed by atoms with Gasteiger partial charge in [0.05, 0.1) is 0 Å². The summed E-state index contributed by atoms with van der Waals surface area (Å²) in [6, 6.07) is 11.6. The first kappa shape index (κ1) is 11.9. The van der Waals surface area contributed by atoms with Gasteiger partial charge in [-0.1, -0.05) is 27.8 Å². The van der Waals surface area contributed by atoms with Crippen LogP contribution < -0.4 is 0 Å². The summed E-state index contributed by atoms with van der Waals surface area (Å²) in [6.45, 7) is 11.1. The van der Waals surface area contributed by atoms with Gasteiger partial charge in [-0.15, -0.1) is 35.9 Å². The van der Waals surface area contributed by atoms with Crippen LogP contribution in [0, 0.1) is 40.7 Å². The first-order valence-electron chi connectivity index (χ1n) is 6.08. The average Bonchev–Trinajstić information content (AvgIpc) is 2.36. The Morgan fingerprint density at radius 1 is 0.706 bits per heavy atom. The lowest BCUT2D eigenvalue weighted by molar-refractivity contribution is 1.18. The van der Waals surface area contributed by atoms with Crippen LogP contribution in [0.2, 0.25) is 0 Å². The molecule has 0 nitrogen and oxygen atoms in total. The molecule has 0 unspecified atom stereocenters. The third-order valence-corrected chi connectivity index (χ3v) is 3.98. The molecule has 2 aromatic carbocycles. The molecule has 0 aliphatic carbocycles. The highest BCUT2D eigenvalue weighted by Gasteiger charge is 2.08. The van der Waals surface area contributed by atoms with E-state index in [9.17, 15) is 0 Å². The van der Waals surface area contributed by atoms with Gasteiger partial charge in [-0.3, -0.25) is 0 Å². The van der Waals surface area contributed by atoms with E-state index in [1.165, 1.54) is 38.9 Å². The number of benzene rings is 2. The van der Waals surface area contributed by atoms with Crippen LogP contribution in [-0.2, 0) is 0 Å². The molecule has 88 valence electrons. The molecule has 0 aromatic heterocycles. The van der Waals surface area contributed by atoms with Crippen LogP contribution in [0.4, 0.5) is 0 Å². The molecular formula is C17H19-. The maximum absolute atomic E-state index is 3.34. The standard InChI is InChI=1S/C17H19/c1-11-12(2)14(4)17(15(5)13(11)3)16-9-7-6-8-10-16/h6-9H,1-5H3/q-1. The van der Waals surface area contributed by atoms with Crippen molar-refractivity contribution >= 4 is 0 Å². The highest BCUT2D eigenvalue weighted by molar-refractivity contribution is 5.74. The molecule has 0 amide bonds. The second-order valence-electron chi connectivity index (χ2n) is 4.78. The van der Waals surface area contributed by atoms with Crippen molar-refractivity contribution in [3.05, 3.63) is 58.1 Å². The molecule has 0 aliphatic rings. The minimum atomic E-state index is 1.20. The lowest BCUT2D eigenvalue weighted by Gasteiger charge is -2.23. The summed E-state index contributed by atoms with van der Waals surface area (Å²) < 4.78 is 0. The Hall–Kier alpha value is -1.56. The summed E-state index contributed by atoms with van der Waals surface area (Å²) in [5, 5.41) is 0. The van der Waals surface area contributed by atoms with E-state index >= 15 is 0 Å². The van der Waals surface area contributed by atoms with Gasteiger partial charge in [0.2, 0.25) is 0 Å². The minimum absolute atomic E-state index is 1.20. The van der Waals surface area contributed by atoms with E-state index in [1.807, 2.05) is 12.1 Å². The maximum atomic E-state index is 3.34. The predicted octanol–water partition coefficient (Wildman–Crippen LogP) is 4.70. The van der Waals surface area contributed by atoms with Crippen LogP contribution in [-0.4, -0.2) is 0 Å². The van der Waals surface area contributed by atoms with Gasteiger partial charge in [0.15, 0.2) is 0 Å². The topological polar surface area (TPSA) is 0 Å². The lowest BCUT2D eigenvalue weighted by Crippen LogP contribution is -1.99. The van der Waals surface area contributed by atoms with Crippen molar-refractivity contribution in [2.75, 3.05) is 0 Å². The summed E-state index contributed by atoms with van der Waals surface area (Å²) >= 11 is 0. The van der Waals surface area contributed by atoms with Gasteiger partial charge in [-0.25, -0.2) is 0 Å². The SMILES string of the molecule is Cc1c(C)c(C)c(-c2[c-]cccc2)c(C)c1C. The van der Waals surface area contributed by atoms with E-state index in [0.717, 1.165) is 0 Å². The van der Waals surface area contributed by atoms with Gasteiger partial charge in [0, 0.05) is 0 Å². The Morgan fingerprint density at radius 2 is 1.24 bits per heavy atom. The first-order valence-corrected chi connectivity index (χ1v) is 6.08. The molecular weight excluding hydrogens is 204 g/mol. The zero-order chi connectivity index (χ0) is 12.6. The molecule has 0 radical (unpaired) electrons. The molecule has 0 heteroatoms. The second kappa shape index (κ2) is 4.37. The summed E-state index contributed by atoms with van der Waals surface area (Å²) in [6.07, 6.45) is 0. The van der Waals surface area contributed by atoms with Crippen LogP contribution >= 0.6 is 0 Å². The van der Waals surface area contributed by atoms with Crippen LogP contribution in [0.15, 0.2) is 24.3 Å². The third-order valence-electron chi connectivity index (χ3n) is 3.98. The Morgan fingerprint density at radius 3 is 1.71 bits per heavy atom. The van der Waals surface area contributed by atoms with E-state index in [2.05, 4.69) is 52.8 Å². The quantitative estimate of drug-likeness (QED) is 0.615. The van der Waals surface area contributed by atoms with E-state index in [0.29, 0.717) is 0 Å². The summed E-state index contributed by atoms with van der Waals surface area (Å²) in [4.78, 5) is 0. The van der Waals surface area contributed by atoms with Crippen LogP contribution in [0.25, 0.3) is 11.1 Å². The number of hydrogen-bond donors (Lipinski definition) is 0. The minimum Gasteiger partial charge on any atom is -0.147 e. The molecule has 0 aliphatic heterocycles. The van der Waals surface area contributed by atoms with Crippen LogP contribution in [0.3, 0.4) is 0 Å². The molecule has 2 rings (SSSR count). The third kappa shape index (κ3) is 1.88. The highest BCUT2D eigenvalue weighted by atomic mass is 14.2. The first-order chi connectivity index (χ1) is 8.04. The van der Waals surface area contributed by atoms with E-state index < -0.39 is 0 Å². The van der Waals surface area contributed by atoms with Gasteiger partial charge < -0.3 is 0 Å². The molecule has 17 heavy (non-hydrogen) atoms. The molecule has 0 N–H and O–H groups in total. The Bertz CT molecular complexity index is 519. The molecule has 0 saturated carbocycles. The van der Waals surface area contributed by atoms with E-state index in [1.54, 1.807) is 0 Å². The predicted molar refractivity (Wildman–Crippen MR) is 74.4 cm³/mol. The van der Waals surface area contributed by atoms with Crippen molar-refractivity contribution in [3.63, 3.8) is 0 Å². The fraction of sp³-hybridized carbons (Fsp3) is 0.294. The Labute approximate surface area is 104 Å². The largest absolute Gasteiger partial charge is 0.147 e. The van der Waals surface area contributed by atoms with Gasteiger partial charge in [0.1, 0.15) is 0 Å². The fourth-order valence-corrected chi connectivity index (χ4v) is 2.45. The van der Waals surface area contributed by atoms with E-state index in [-0.39, 0.29) is 0 Å². The van der Waals surface area contributed by atoms with Crippen molar-refractivity contribution in [3.8, 4) is 11.1 Å². The van der Waals surface area contributed by atoms with Crippen molar-refractivity contribution in [1.29, 1.82) is 0 Å². The van der Waals surface area contributed by atoms with Crippen molar-refractivity contribution in [1.82, 2.24) is 0 Å². The van der Waals surface area contributed by atoms with Crippen molar-refractivity contribution in [2.24, 2.45) is 0 Å². The summed E-state index contributed by atoms with van der Waals surface area (Å²) in [7, 11) is 0. The second-order valence-corrected chi connectivity index (χ2v) is 4.78. The lowest BCUT2D eigenvalue weighted by atomic mass is 9.86. The van der Waals surface area contributed by atoms with Gasteiger partial charge in [0.25, 0.3) is 0 Å². The van der Waals surface area contributed by atoms with Gasteiger partial charge in [-0.2, -0.15) is 0 Å². The molecule has 0 saturated heterocycles. The average molecular weight is 223 g/mol. The zero-order valence-electron chi connectivity index (χ0n) is 11.3.